The van der Waals surface area contributed by atoms with E-state index in [9.17, 15) is 9.50 Å². The molecule has 0 atom stereocenters. The summed E-state index contributed by atoms with van der Waals surface area (Å²) in [6, 6.07) is 5.18. The van der Waals surface area contributed by atoms with Gasteiger partial charge in [0.05, 0.1) is 0 Å². The first-order valence-electron chi connectivity index (χ1n) is 7.71. The highest BCUT2D eigenvalue weighted by atomic mass is 19.1. The Labute approximate surface area is 131 Å². The maximum absolute atomic E-state index is 14.1. The third kappa shape index (κ3) is 2.20. The number of benzene rings is 1. The fraction of sp³-hybridized carbons (Fsp3) is 0.421. The van der Waals surface area contributed by atoms with Crippen molar-refractivity contribution in [3.05, 3.63) is 47.5 Å². The molecular weight excluding hydrogens is 277 g/mol. The fourth-order valence-electron chi connectivity index (χ4n) is 3.52. The Hall–Kier alpha value is -1.90. The smallest absolute Gasteiger partial charge is 0.134 e. The first kappa shape index (κ1) is 15.0. The van der Waals surface area contributed by atoms with Gasteiger partial charge in [0.15, 0.2) is 0 Å². The number of rotatable bonds is 1. The number of aromatic hydroxyl groups is 1. The summed E-state index contributed by atoms with van der Waals surface area (Å²) in [6.07, 6.45) is 4.96. The summed E-state index contributed by atoms with van der Waals surface area (Å²) in [5.41, 5.74) is 2.88. The van der Waals surface area contributed by atoms with Crippen molar-refractivity contribution in [2.45, 2.75) is 51.4 Å². The number of nitrogens with zero attached hydrogens (tertiary/aromatic N) is 1. The number of pyridine rings is 1. The van der Waals surface area contributed by atoms with Gasteiger partial charge in [-0.05, 0) is 35.3 Å². The van der Waals surface area contributed by atoms with E-state index < -0.39 is 0 Å². The van der Waals surface area contributed by atoms with Crippen LogP contribution in [0.4, 0.5) is 4.39 Å². The SMILES string of the molecule is CC1(C)CCC(C)(C)c2c1ccc(-c1cnccc1F)c2O. The summed E-state index contributed by atoms with van der Waals surface area (Å²) in [5, 5.41) is 10.9. The average Bonchev–Trinajstić information content (AvgIpc) is 2.45. The molecule has 2 aromatic rings. The predicted molar refractivity (Wildman–Crippen MR) is 86.6 cm³/mol. The van der Waals surface area contributed by atoms with E-state index in [2.05, 4.69) is 32.7 Å². The minimum absolute atomic E-state index is 0.0222. The van der Waals surface area contributed by atoms with Gasteiger partial charge in [-0.25, -0.2) is 4.39 Å². The molecule has 0 saturated carbocycles. The van der Waals surface area contributed by atoms with Gasteiger partial charge < -0.3 is 5.11 Å². The second-order valence-electron chi connectivity index (χ2n) is 7.51. The van der Waals surface area contributed by atoms with Crippen molar-refractivity contribution in [1.82, 2.24) is 4.98 Å². The van der Waals surface area contributed by atoms with Crippen LogP contribution in [0, 0.1) is 5.82 Å². The number of fused-ring (bicyclic) bond motifs is 1. The third-order valence-electron chi connectivity index (χ3n) is 5.02. The molecular formula is C19H22FNO. The summed E-state index contributed by atoms with van der Waals surface area (Å²) < 4.78 is 14.1. The molecule has 1 aliphatic rings. The quantitative estimate of drug-likeness (QED) is 0.809. The monoisotopic (exact) mass is 299 g/mol. The van der Waals surface area contributed by atoms with Crippen molar-refractivity contribution in [3.63, 3.8) is 0 Å². The highest BCUT2D eigenvalue weighted by Gasteiger charge is 2.39. The molecule has 0 fully saturated rings. The molecule has 0 spiro atoms. The normalized spacial score (nSPS) is 18.8. The number of hydrogen-bond acceptors (Lipinski definition) is 2. The Bertz CT molecular complexity index is 734. The zero-order valence-corrected chi connectivity index (χ0v) is 13.6. The number of aromatic nitrogens is 1. The molecule has 0 aliphatic heterocycles. The minimum atomic E-state index is -0.363. The highest BCUT2D eigenvalue weighted by Crippen LogP contribution is 2.51. The summed E-state index contributed by atoms with van der Waals surface area (Å²) in [4.78, 5) is 3.99. The minimum Gasteiger partial charge on any atom is -0.507 e. The van der Waals surface area contributed by atoms with Crippen molar-refractivity contribution in [2.75, 3.05) is 0 Å². The maximum Gasteiger partial charge on any atom is 0.134 e. The van der Waals surface area contributed by atoms with Crippen LogP contribution in [0.25, 0.3) is 11.1 Å². The first-order valence-corrected chi connectivity index (χ1v) is 7.71. The Morgan fingerprint density at radius 2 is 1.68 bits per heavy atom. The lowest BCUT2D eigenvalue weighted by Gasteiger charge is -2.42. The third-order valence-corrected chi connectivity index (χ3v) is 5.02. The molecule has 1 aromatic heterocycles. The van der Waals surface area contributed by atoms with Gasteiger partial charge >= 0.3 is 0 Å². The molecule has 116 valence electrons. The second kappa shape index (κ2) is 4.80. The van der Waals surface area contributed by atoms with Gasteiger partial charge in [-0.15, -0.1) is 0 Å². The van der Waals surface area contributed by atoms with Gasteiger partial charge in [0.1, 0.15) is 11.6 Å². The van der Waals surface area contributed by atoms with E-state index in [1.54, 1.807) is 0 Å². The Kier molecular flexibility index (Phi) is 3.28. The maximum atomic E-state index is 14.1. The van der Waals surface area contributed by atoms with E-state index in [-0.39, 0.29) is 22.4 Å². The molecule has 0 radical (unpaired) electrons. The molecule has 22 heavy (non-hydrogen) atoms. The van der Waals surface area contributed by atoms with Crippen molar-refractivity contribution in [1.29, 1.82) is 0 Å². The van der Waals surface area contributed by atoms with Gasteiger partial charge in [0.2, 0.25) is 0 Å². The summed E-state index contributed by atoms with van der Waals surface area (Å²) in [6.45, 7) is 8.68. The molecule has 1 aliphatic carbocycles. The predicted octanol–water partition coefficient (Wildman–Crippen LogP) is 4.94. The van der Waals surface area contributed by atoms with Crippen molar-refractivity contribution >= 4 is 0 Å². The molecule has 1 aromatic carbocycles. The van der Waals surface area contributed by atoms with Gasteiger partial charge in [0, 0.05) is 29.1 Å². The fourth-order valence-corrected chi connectivity index (χ4v) is 3.52. The number of phenols is 1. The second-order valence-corrected chi connectivity index (χ2v) is 7.51. The lowest BCUT2D eigenvalue weighted by molar-refractivity contribution is 0.318. The molecule has 2 nitrogen and oxygen atoms in total. The van der Waals surface area contributed by atoms with Crippen LogP contribution < -0.4 is 0 Å². The van der Waals surface area contributed by atoms with E-state index in [0.717, 1.165) is 24.0 Å². The zero-order valence-electron chi connectivity index (χ0n) is 13.6. The average molecular weight is 299 g/mol. The number of halogens is 1. The van der Waals surface area contributed by atoms with Gasteiger partial charge in [-0.2, -0.15) is 0 Å². The van der Waals surface area contributed by atoms with Crippen LogP contribution in [-0.4, -0.2) is 10.1 Å². The molecule has 0 bridgehead atoms. The largest absolute Gasteiger partial charge is 0.507 e. The van der Waals surface area contributed by atoms with Gasteiger partial charge in [0.25, 0.3) is 0 Å². The Morgan fingerprint density at radius 3 is 2.36 bits per heavy atom. The Morgan fingerprint density at radius 1 is 1.00 bits per heavy atom. The molecule has 1 heterocycles. The molecule has 1 N–H and O–H groups in total. The lowest BCUT2D eigenvalue weighted by atomic mass is 9.62. The van der Waals surface area contributed by atoms with Crippen molar-refractivity contribution in [3.8, 4) is 16.9 Å². The van der Waals surface area contributed by atoms with E-state index >= 15 is 0 Å². The summed E-state index contributed by atoms with van der Waals surface area (Å²) in [7, 11) is 0. The molecule has 3 heteroatoms. The van der Waals surface area contributed by atoms with Gasteiger partial charge in [-0.1, -0.05) is 39.8 Å². The van der Waals surface area contributed by atoms with E-state index in [1.807, 2.05) is 12.1 Å². The van der Waals surface area contributed by atoms with Crippen LogP contribution >= 0.6 is 0 Å². The highest BCUT2D eigenvalue weighted by molar-refractivity contribution is 5.74. The Balaban J connectivity index is 2.29. The molecule has 3 rings (SSSR count). The summed E-state index contributed by atoms with van der Waals surface area (Å²) >= 11 is 0. The van der Waals surface area contributed by atoms with E-state index in [0.29, 0.717) is 11.1 Å². The van der Waals surface area contributed by atoms with Crippen LogP contribution in [0.5, 0.6) is 5.75 Å². The van der Waals surface area contributed by atoms with E-state index in [1.165, 1.54) is 18.5 Å². The van der Waals surface area contributed by atoms with Crippen LogP contribution in [0.1, 0.15) is 51.7 Å². The molecule has 0 unspecified atom stereocenters. The van der Waals surface area contributed by atoms with Gasteiger partial charge in [-0.3, -0.25) is 4.98 Å². The lowest BCUT2D eigenvalue weighted by Crippen LogP contribution is -2.33. The van der Waals surface area contributed by atoms with E-state index in [4.69, 9.17) is 0 Å². The molecule has 0 saturated heterocycles. The standard InChI is InChI=1S/C19H22FNO/c1-18(2)8-9-19(3,4)16-14(18)6-5-12(17(16)22)13-11-21-10-7-15(13)20/h5-7,10-11,22H,8-9H2,1-4H3. The van der Waals surface area contributed by atoms with Crippen LogP contribution in [0.3, 0.4) is 0 Å². The first-order chi connectivity index (χ1) is 10.2. The number of hydrogen-bond donors (Lipinski definition) is 1. The van der Waals surface area contributed by atoms with Crippen LogP contribution in [0.2, 0.25) is 0 Å². The topological polar surface area (TPSA) is 33.1 Å². The zero-order chi connectivity index (χ0) is 16.1. The molecule has 0 amide bonds. The van der Waals surface area contributed by atoms with Crippen molar-refractivity contribution < 1.29 is 9.50 Å². The van der Waals surface area contributed by atoms with Crippen LogP contribution in [0.15, 0.2) is 30.6 Å². The van der Waals surface area contributed by atoms with Crippen LogP contribution in [-0.2, 0) is 10.8 Å². The number of phenolic OH excluding ortho intramolecular Hbond substituents is 1. The summed E-state index contributed by atoms with van der Waals surface area (Å²) in [5.74, 6) is -0.166. The van der Waals surface area contributed by atoms with Crippen molar-refractivity contribution in [2.24, 2.45) is 0 Å².